The van der Waals surface area contributed by atoms with Crippen LogP contribution in [0.1, 0.15) is 11.1 Å². The van der Waals surface area contributed by atoms with E-state index < -0.39 is 0 Å². The Morgan fingerprint density at radius 1 is 0.613 bits per heavy atom. The average Bonchev–Trinajstić information content (AvgIpc) is 2.81. The monoisotopic (exact) mass is 532 g/mol. The molecule has 0 amide bonds. The molecule has 0 radical (unpaired) electrons. The van der Waals surface area contributed by atoms with E-state index in [9.17, 15) is 0 Å². The maximum Gasteiger partial charge on any atom is 0.119 e. The highest BCUT2D eigenvalue weighted by Crippen LogP contribution is 2.21. The standard InChI is InChI=1S/C23H32O2S6/c26-9-11-30-22(16-28)14-24-20-5-1-18(2-6-20)13-19-3-7-21(8-4-19)25-15-23(17-29)31-12-10-27/h1-8,22-23,26-29H,9-17H2. The molecule has 172 valence electrons. The fourth-order valence-electron chi connectivity index (χ4n) is 2.77. The van der Waals surface area contributed by atoms with E-state index in [-0.39, 0.29) is 0 Å². The second kappa shape index (κ2) is 16.7. The summed E-state index contributed by atoms with van der Waals surface area (Å²) < 4.78 is 11.9. The van der Waals surface area contributed by atoms with Gasteiger partial charge >= 0.3 is 0 Å². The van der Waals surface area contributed by atoms with Crippen molar-refractivity contribution in [2.24, 2.45) is 0 Å². The Balaban J connectivity index is 1.79. The number of rotatable bonds is 16. The van der Waals surface area contributed by atoms with Crippen molar-refractivity contribution in [3.63, 3.8) is 0 Å². The molecule has 0 spiro atoms. The molecule has 2 rings (SSSR count). The highest BCUT2D eigenvalue weighted by Gasteiger charge is 2.09. The molecule has 0 saturated carbocycles. The summed E-state index contributed by atoms with van der Waals surface area (Å²) in [4.78, 5) is 0. The van der Waals surface area contributed by atoms with Crippen LogP contribution in [0.15, 0.2) is 48.5 Å². The summed E-state index contributed by atoms with van der Waals surface area (Å²) in [6, 6.07) is 16.7. The van der Waals surface area contributed by atoms with Gasteiger partial charge in [0.2, 0.25) is 0 Å². The first-order chi connectivity index (χ1) is 15.2. The van der Waals surface area contributed by atoms with E-state index in [1.807, 2.05) is 47.8 Å². The van der Waals surface area contributed by atoms with E-state index in [1.54, 1.807) is 0 Å². The molecule has 2 aromatic rings. The summed E-state index contributed by atoms with van der Waals surface area (Å²) in [5, 5.41) is 0.779. The number of thioether (sulfide) groups is 2. The van der Waals surface area contributed by atoms with E-state index in [4.69, 9.17) is 9.47 Å². The van der Waals surface area contributed by atoms with Crippen molar-refractivity contribution in [2.45, 2.75) is 16.9 Å². The first-order valence-electron chi connectivity index (χ1n) is 10.3. The largest absolute Gasteiger partial charge is 0.492 e. The molecule has 0 bridgehead atoms. The zero-order valence-electron chi connectivity index (χ0n) is 17.6. The molecule has 0 saturated heterocycles. The molecule has 0 aliphatic heterocycles. The van der Waals surface area contributed by atoms with Gasteiger partial charge in [-0.15, -0.1) is 0 Å². The van der Waals surface area contributed by atoms with Gasteiger partial charge in [-0.1, -0.05) is 24.3 Å². The van der Waals surface area contributed by atoms with Crippen LogP contribution in [-0.4, -0.2) is 58.2 Å². The molecule has 2 atom stereocenters. The van der Waals surface area contributed by atoms with Crippen molar-refractivity contribution in [1.82, 2.24) is 0 Å². The molecular formula is C23H32O2S6. The summed E-state index contributed by atoms with van der Waals surface area (Å²) in [6.45, 7) is 1.34. The van der Waals surface area contributed by atoms with Crippen LogP contribution in [-0.2, 0) is 6.42 Å². The molecule has 0 heterocycles. The summed E-state index contributed by atoms with van der Waals surface area (Å²) in [5.41, 5.74) is 2.52. The lowest BCUT2D eigenvalue weighted by Crippen LogP contribution is -2.17. The Morgan fingerprint density at radius 3 is 1.32 bits per heavy atom. The van der Waals surface area contributed by atoms with Gasteiger partial charge in [0.15, 0.2) is 0 Å². The third-order valence-electron chi connectivity index (χ3n) is 4.42. The van der Waals surface area contributed by atoms with Crippen LogP contribution in [0, 0.1) is 0 Å². The minimum absolute atomic E-state index is 0.389. The molecular weight excluding hydrogens is 501 g/mol. The van der Waals surface area contributed by atoms with Crippen molar-refractivity contribution in [3.05, 3.63) is 59.7 Å². The highest BCUT2D eigenvalue weighted by molar-refractivity contribution is 8.01. The lowest BCUT2D eigenvalue weighted by atomic mass is 10.0. The maximum atomic E-state index is 5.93. The van der Waals surface area contributed by atoms with Gasteiger partial charge in [0.25, 0.3) is 0 Å². The topological polar surface area (TPSA) is 18.5 Å². The minimum atomic E-state index is 0.389. The Kier molecular flexibility index (Phi) is 14.8. The maximum absolute atomic E-state index is 5.93. The van der Waals surface area contributed by atoms with Gasteiger partial charge in [-0.2, -0.15) is 74.0 Å². The number of hydrogen-bond acceptors (Lipinski definition) is 8. The van der Waals surface area contributed by atoms with Crippen LogP contribution in [0.4, 0.5) is 0 Å². The Hall–Kier alpha value is 0.140. The van der Waals surface area contributed by atoms with E-state index in [2.05, 4.69) is 74.8 Å². The number of ether oxygens (including phenoxy) is 2. The lowest BCUT2D eigenvalue weighted by molar-refractivity contribution is 0.323. The van der Waals surface area contributed by atoms with Crippen molar-refractivity contribution in [3.8, 4) is 11.5 Å². The second-order valence-corrected chi connectivity index (χ2v) is 11.3. The van der Waals surface area contributed by atoms with Gasteiger partial charge in [-0.05, 0) is 53.3 Å². The normalized spacial score (nSPS) is 13.0. The van der Waals surface area contributed by atoms with Gasteiger partial charge < -0.3 is 9.47 Å². The predicted octanol–water partition coefficient (Wildman–Crippen LogP) is 5.96. The molecule has 2 nitrogen and oxygen atoms in total. The first-order valence-corrected chi connectivity index (χ1v) is 14.9. The number of benzene rings is 2. The minimum Gasteiger partial charge on any atom is -0.492 e. The van der Waals surface area contributed by atoms with Gasteiger partial charge in [-0.25, -0.2) is 0 Å². The van der Waals surface area contributed by atoms with Crippen molar-refractivity contribution < 1.29 is 9.47 Å². The molecule has 0 aliphatic rings. The van der Waals surface area contributed by atoms with Gasteiger partial charge in [-0.3, -0.25) is 0 Å². The smallest absolute Gasteiger partial charge is 0.119 e. The first kappa shape index (κ1) is 27.4. The average molecular weight is 533 g/mol. The van der Waals surface area contributed by atoms with Crippen LogP contribution < -0.4 is 9.47 Å². The number of thiol groups is 4. The molecule has 31 heavy (non-hydrogen) atoms. The Bertz CT molecular complexity index is 650. The van der Waals surface area contributed by atoms with E-state index >= 15 is 0 Å². The molecule has 0 N–H and O–H groups in total. The van der Waals surface area contributed by atoms with Crippen LogP contribution in [0.2, 0.25) is 0 Å². The van der Waals surface area contributed by atoms with Gasteiger partial charge in [0, 0.05) is 33.5 Å². The molecule has 8 heteroatoms. The SMILES string of the molecule is SCCSC(CS)COc1ccc(Cc2ccc(OCC(CS)SCCS)cc2)cc1. The van der Waals surface area contributed by atoms with Crippen LogP contribution in [0.5, 0.6) is 11.5 Å². The van der Waals surface area contributed by atoms with Crippen molar-refractivity contribution in [1.29, 1.82) is 0 Å². The predicted molar refractivity (Wildman–Crippen MR) is 155 cm³/mol. The molecule has 2 aromatic carbocycles. The highest BCUT2D eigenvalue weighted by atomic mass is 32.2. The Labute approximate surface area is 218 Å². The molecule has 0 fully saturated rings. The van der Waals surface area contributed by atoms with Gasteiger partial charge in [0.05, 0.1) is 0 Å². The zero-order chi connectivity index (χ0) is 22.3. The molecule has 0 aliphatic carbocycles. The van der Waals surface area contributed by atoms with E-state index in [1.165, 1.54) is 11.1 Å². The van der Waals surface area contributed by atoms with Crippen molar-refractivity contribution in [2.75, 3.05) is 47.7 Å². The van der Waals surface area contributed by atoms with Crippen LogP contribution in [0.3, 0.4) is 0 Å². The van der Waals surface area contributed by atoms with Crippen molar-refractivity contribution >= 4 is 74.0 Å². The van der Waals surface area contributed by atoms with Crippen LogP contribution >= 0.6 is 74.0 Å². The fourth-order valence-corrected chi connectivity index (χ4v) is 5.66. The lowest BCUT2D eigenvalue weighted by Gasteiger charge is -2.15. The third-order valence-corrected chi connectivity index (χ3v) is 9.28. The Morgan fingerprint density at radius 2 is 1.00 bits per heavy atom. The molecule has 0 aromatic heterocycles. The summed E-state index contributed by atoms with van der Waals surface area (Å²) in [6.07, 6.45) is 0.884. The summed E-state index contributed by atoms with van der Waals surface area (Å²) >= 11 is 21.1. The quantitative estimate of drug-likeness (QED) is 0.200. The van der Waals surface area contributed by atoms with E-state index in [0.717, 1.165) is 52.4 Å². The third kappa shape index (κ3) is 11.2. The molecule has 2 unspecified atom stereocenters. The number of hydrogen-bond donors (Lipinski definition) is 4. The fraction of sp³-hybridized carbons (Fsp3) is 0.478. The summed E-state index contributed by atoms with van der Waals surface area (Å²) in [7, 11) is 0. The van der Waals surface area contributed by atoms with E-state index in [0.29, 0.717) is 23.7 Å². The van der Waals surface area contributed by atoms with Gasteiger partial charge in [0.1, 0.15) is 24.7 Å². The summed E-state index contributed by atoms with van der Waals surface area (Å²) in [5.74, 6) is 7.21. The zero-order valence-corrected chi connectivity index (χ0v) is 22.8. The second-order valence-electron chi connectivity index (χ2n) is 6.88. The van der Waals surface area contributed by atoms with Crippen LogP contribution in [0.25, 0.3) is 0 Å².